The van der Waals surface area contributed by atoms with E-state index >= 15 is 0 Å². The van der Waals surface area contributed by atoms with Gasteiger partial charge in [0, 0.05) is 6.54 Å². The van der Waals surface area contributed by atoms with Crippen LogP contribution in [0.25, 0.3) is 0 Å². The number of aromatic nitrogens is 3. The standard InChI is InChI=1S/C15H20N4O2/c1-15(2,3)19-10-12(17-18-19)9-16-13(14(20)21)11-7-5-4-6-8-11/h4-8,10,13,16H,9H2,1-3H3,(H,20,21)/t13-/m0/s1. The van der Waals surface area contributed by atoms with E-state index in [0.717, 1.165) is 0 Å². The van der Waals surface area contributed by atoms with Crippen molar-refractivity contribution < 1.29 is 9.90 Å². The van der Waals surface area contributed by atoms with Crippen LogP contribution in [0.5, 0.6) is 0 Å². The Morgan fingerprint density at radius 1 is 1.33 bits per heavy atom. The summed E-state index contributed by atoms with van der Waals surface area (Å²) in [6.45, 7) is 6.44. The van der Waals surface area contributed by atoms with Gasteiger partial charge >= 0.3 is 5.97 Å². The lowest BCUT2D eigenvalue weighted by atomic mass is 10.1. The highest BCUT2D eigenvalue weighted by molar-refractivity contribution is 5.75. The Hall–Kier alpha value is -2.21. The molecule has 6 heteroatoms. The van der Waals surface area contributed by atoms with Crippen molar-refractivity contribution in [2.24, 2.45) is 0 Å². The molecule has 2 rings (SSSR count). The highest BCUT2D eigenvalue weighted by atomic mass is 16.4. The summed E-state index contributed by atoms with van der Waals surface area (Å²) >= 11 is 0. The van der Waals surface area contributed by atoms with Gasteiger partial charge in [-0.1, -0.05) is 35.5 Å². The van der Waals surface area contributed by atoms with Crippen LogP contribution in [0, 0.1) is 0 Å². The minimum absolute atomic E-state index is 0.142. The van der Waals surface area contributed by atoms with Crippen molar-refractivity contribution in [2.45, 2.75) is 38.9 Å². The van der Waals surface area contributed by atoms with Gasteiger partial charge in [-0.3, -0.25) is 10.1 Å². The molecule has 1 heterocycles. The fourth-order valence-corrected chi connectivity index (χ4v) is 1.91. The molecule has 112 valence electrons. The molecule has 2 aromatic rings. The van der Waals surface area contributed by atoms with E-state index < -0.39 is 12.0 Å². The molecule has 0 unspecified atom stereocenters. The van der Waals surface area contributed by atoms with Gasteiger partial charge in [0.15, 0.2) is 0 Å². The molecule has 2 N–H and O–H groups in total. The summed E-state index contributed by atoms with van der Waals surface area (Å²) in [6, 6.07) is 8.32. The maximum atomic E-state index is 11.4. The molecular formula is C15H20N4O2. The third-order valence-electron chi connectivity index (χ3n) is 3.10. The monoisotopic (exact) mass is 288 g/mol. The second kappa shape index (κ2) is 6.05. The molecule has 0 bridgehead atoms. The van der Waals surface area contributed by atoms with E-state index in [2.05, 4.69) is 15.6 Å². The number of nitrogens with one attached hydrogen (secondary N) is 1. The second-order valence-corrected chi connectivity index (χ2v) is 5.89. The third kappa shape index (κ3) is 3.88. The number of aliphatic carboxylic acids is 1. The van der Waals surface area contributed by atoms with Crippen LogP contribution in [-0.2, 0) is 16.9 Å². The highest BCUT2D eigenvalue weighted by Crippen LogP contribution is 2.15. The molecule has 0 saturated heterocycles. The van der Waals surface area contributed by atoms with Crippen molar-refractivity contribution in [3.05, 3.63) is 47.8 Å². The van der Waals surface area contributed by atoms with E-state index in [1.807, 2.05) is 45.2 Å². The lowest BCUT2D eigenvalue weighted by Crippen LogP contribution is -2.28. The lowest BCUT2D eigenvalue weighted by Gasteiger charge is -2.17. The summed E-state index contributed by atoms with van der Waals surface area (Å²) in [5, 5.41) is 20.5. The molecule has 0 spiro atoms. The van der Waals surface area contributed by atoms with Crippen LogP contribution in [0.3, 0.4) is 0 Å². The minimum atomic E-state index is -0.913. The third-order valence-corrected chi connectivity index (χ3v) is 3.10. The molecule has 0 aliphatic heterocycles. The van der Waals surface area contributed by atoms with E-state index in [1.54, 1.807) is 16.8 Å². The zero-order chi connectivity index (χ0) is 15.5. The predicted octanol–water partition coefficient (Wildman–Crippen LogP) is 1.95. The summed E-state index contributed by atoms with van der Waals surface area (Å²) in [7, 11) is 0. The average Bonchev–Trinajstić information content (AvgIpc) is 2.88. The molecule has 0 saturated carbocycles. The van der Waals surface area contributed by atoms with Crippen LogP contribution in [0.4, 0.5) is 0 Å². The molecule has 1 atom stereocenters. The summed E-state index contributed by atoms with van der Waals surface area (Å²) in [5.74, 6) is -0.913. The summed E-state index contributed by atoms with van der Waals surface area (Å²) in [4.78, 5) is 11.4. The molecule has 0 radical (unpaired) electrons. The maximum Gasteiger partial charge on any atom is 0.325 e. The van der Waals surface area contributed by atoms with Gasteiger partial charge in [-0.25, -0.2) is 4.68 Å². The first-order valence-corrected chi connectivity index (χ1v) is 6.81. The van der Waals surface area contributed by atoms with Gasteiger partial charge in [0.1, 0.15) is 6.04 Å². The molecule has 0 fully saturated rings. The quantitative estimate of drug-likeness (QED) is 0.879. The summed E-state index contributed by atoms with van der Waals surface area (Å²) in [6.07, 6.45) is 1.83. The zero-order valence-electron chi connectivity index (χ0n) is 12.4. The van der Waals surface area contributed by atoms with Gasteiger partial charge in [-0.05, 0) is 26.3 Å². The number of nitrogens with zero attached hydrogens (tertiary/aromatic N) is 3. The van der Waals surface area contributed by atoms with Gasteiger partial charge in [-0.2, -0.15) is 0 Å². The van der Waals surface area contributed by atoms with Crippen LogP contribution < -0.4 is 5.32 Å². The zero-order valence-corrected chi connectivity index (χ0v) is 12.4. The Labute approximate surface area is 123 Å². The van der Waals surface area contributed by atoms with E-state index in [-0.39, 0.29) is 5.54 Å². The summed E-state index contributed by atoms with van der Waals surface area (Å²) < 4.78 is 1.77. The highest BCUT2D eigenvalue weighted by Gasteiger charge is 2.20. The maximum absolute atomic E-state index is 11.4. The van der Waals surface area contributed by atoms with Gasteiger partial charge in [0.25, 0.3) is 0 Å². The van der Waals surface area contributed by atoms with Crippen molar-refractivity contribution >= 4 is 5.97 Å². The van der Waals surface area contributed by atoms with Gasteiger partial charge in [0.2, 0.25) is 0 Å². The van der Waals surface area contributed by atoms with Gasteiger partial charge < -0.3 is 5.11 Å². The number of benzene rings is 1. The van der Waals surface area contributed by atoms with Gasteiger partial charge in [0.05, 0.1) is 17.4 Å². The molecule has 1 aromatic carbocycles. The van der Waals surface area contributed by atoms with Gasteiger partial charge in [-0.15, -0.1) is 5.10 Å². The Balaban J connectivity index is 2.06. The first kappa shape index (κ1) is 15.2. The van der Waals surface area contributed by atoms with Crippen molar-refractivity contribution in [2.75, 3.05) is 0 Å². The van der Waals surface area contributed by atoms with Crippen molar-refractivity contribution in [1.82, 2.24) is 20.3 Å². The van der Waals surface area contributed by atoms with E-state index in [0.29, 0.717) is 17.8 Å². The SMILES string of the molecule is CC(C)(C)n1cc(CN[C@H](C(=O)O)c2ccccc2)nn1. The van der Waals surface area contributed by atoms with E-state index in [1.165, 1.54) is 0 Å². The Kier molecular flexibility index (Phi) is 4.37. The Morgan fingerprint density at radius 2 is 2.00 bits per heavy atom. The predicted molar refractivity (Wildman–Crippen MR) is 78.7 cm³/mol. The largest absolute Gasteiger partial charge is 0.480 e. The first-order valence-electron chi connectivity index (χ1n) is 6.81. The summed E-state index contributed by atoms with van der Waals surface area (Å²) in [5.41, 5.74) is 1.29. The van der Waals surface area contributed by atoms with Crippen LogP contribution in [0.2, 0.25) is 0 Å². The number of hydrogen-bond acceptors (Lipinski definition) is 4. The molecule has 0 aliphatic carbocycles. The van der Waals surface area contributed by atoms with Crippen LogP contribution in [-0.4, -0.2) is 26.1 Å². The number of carboxylic acid groups (broad SMARTS) is 1. The molecular weight excluding hydrogens is 268 g/mol. The number of rotatable bonds is 5. The first-order chi connectivity index (χ1) is 9.88. The van der Waals surface area contributed by atoms with Crippen molar-refractivity contribution in [1.29, 1.82) is 0 Å². The van der Waals surface area contributed by atoms with Crippen LogP contribution in [0.1, 0.15) is 38.1 Å². The topological polar surface area (TPSA) is 80.0 Å². The average molecular weight is 288 g/mol. The number of hydrogen-bond donors (Lipinski definition) is 2. The van der Waals surface area contributed by atoms with E-state index in [4.69, 9.17) is 0 Å². The normalized spacial score (nSPS) is 13.1. The number of carboxylic acids is 1. The van der Waals surface area contributed by atoms with Crippen molar-refractivity contribution in [3.63, 3.8) is 0 Å². The Morgan fingerprint density at radius 3 is 2.52 bits per heavy atom. The second-order valence-electron chi connectivity index (χ2n) is 5.89. The molecule has 0 amide bonds. The van der Waals surface area contributed by atoms with Crippen LogP contribution >= 0.6 is 0 Å². The molecule has 21 heavy (non-hydrogen) atoms. The fraction of sp³-hybridized carbons (Fsp3) is 0.400. The fourth-order valence-electron chi connectivity index (χ4n) is 1.91. The van der Waals surface area contributed by atoms with E-state index in [9.17, 15) is 9.90 Å². The smallest absolute Gasteiger partial charge is 0.325 e. The molecule has 0 aliphatic rings. The Bertz CT molecular complexity index is 602. The molecule has 6 nitrogen and oxygen atoms in total. The molecule has 1 aromatic heterocycles. The number of carbonyl (C=O) groups is 1. The van der Waals surface area contributed by atoms with Crippen LogP contribution in [0.15, 0.2) is 36.5 Å². The minimum Gasteiger partial charge on any atom is -0.480 e. The van der Waals surface area contributed by atoms with Crippen molar-refractivity contribution in [3.8, 4) is 0 Å². The lowest BCUT2D eigenvalue weighted by molar-refractivity contribution is -0.139.